The van der Waals surface area contributed by atoms with E-state index in [1.54, 1.807) is 24.3 Å². The Bertz CT molecular complexity index is 962. The second kappa shape index (κ2) is 11.8. The van der Waals surface area contributed by atoms with Gasteiger partial charge in [0.05, 0.1) is 9.79 Å². The van der Waals surface area contributed by atoms with Crippen LogP contribution in [0.5, 0.6) is 0 Å². The van der Waals surface area contributed by atoms with Crippen LogP contribution in [0.25, 0.3) is 0 Å². The molecule has 2 aromatic carbocycles. The first-order valence-corrected chi connectivity index (χ1v) is 11.0. The molecule has 0 aliphatic rings. The van der Waals surface area contributed by atoms with Crippen molar-refractivity contribution in [3.05, 3.63) is 59.7 Å². The molecule has 2 rings (SSSR count). The zero-order chi connectivity index (χ0) is 21.5. The van der Waals surface area contributed by atoms with Gasteiger partial charge in [-0.25, -0.2) is 16.8 Å². The van der Waals surface area contributed by atoms with Gasteiger partial charge >= 0.3 is 33.5 Å². The minimum atomic E-state index is -4.67. The second-order valence-electron chi connectivity index (χ2n) is 4.98. The van der Waals surface area contributed by atoms with Gasteiger partial charge in [0.2, 0.25) is 0 Å². The van der Waals surface area contributed by atoms with Crippen molar-refractivity contribution in [1.29, 1.82) is 0 Å². The molecule has 0 saturated heterocycles. The molecule has 0 atom stereocenters. The zero-order valence-electron chi connectivity index (χ0n) is 14.7. The summed E-state index contributed by atoms with van der Waals surface area (Å²) in [4.78, 5) is -0.355. The van der Waals surface area contributed by atoms with E-state index < -0.39 is 30.6 Å². The van der Waals surface area contributed by atoms with E-state index in [-0.39, 0.29) is 32.8 Å². The van der Waals surface area contributed by atoms with Crippen molar-refractivity contribution in [3.63, 3.8) is 0 Å². The summed E-state index contributed by atoms with van der Waals surface area (Å²) in [5.41, 5.74) is 1.86. The van der Waals surface area contributed by atoms with E-state index in [0.29, 0.717) is 0 Å². The van der Waals surface area contributed by atoms with Gasteiger partial charge < -0.3 is 9.11 Å². The van der Waals surface area contributed by atoms with Crippen LogP contribution in [0, 0.1) is 13.8 Å². The van der Waals surface area contributed by atoms with Crippen LogP contribution in [0.4, 0.5) is 0 Å². The summed E-state index contributed by atoms with van der Waals surface area (Å²) in [5, 5.41) is 0. The summed E-state index contributed by atoms with van der Waals surface area (Å²) >= 11 is 0. The third-order valence-electron chi connectivity index (χ3n) is 2.62. The topological polar surface area (TPSA) is 189 Å². The molecule has 10 nitrogen and oxygen atoms in total. The van der Waals surface area contributed by atoms with Gasteiger partial charge in [0.15, 0.2) is 0 Å². The van der Waals surface area contributed by atoms with Gasteiger partial charge in [-0.15, -0.1) is 0 Å². The smallest absolute Gasteiger partial charge is 0.744 e. The van der Waals surface area contributed by atoms with E-state index in [4.69, 9.17) is 17.5 Å². The van der Waals surface area contributed by atoms with E-state index in [1.807, 2.05) is 13.8 Å². The number of hydrogen-bond acceptors (Lipinski definition) is 8. The van der Waals surface area contributed by atoms with Crippen molar-refractivity contribution in [2.75, 3.05) is 0 Å². The molecule has 0 amide bonds. The van der Waals surface area contributed by atoms with E-state index in [9.17, 15) is 25.9 Å². The van der Waals surface area contributed by atoms with Gasteiger partial charge in [-0.3, -0.25) is 9.11 Å². The Balaban J connectivity index is 0. The Morgan fingerprint density at radius 2 is 0.786 bits per heavy atom. The monoisotopic (exact) mass is 464 g/mol. The van der Waals surface area contributed by atoms with Crippen LogP contribution in [-0.2, 0) is 30.6 Å². The number of hydrogen-bond donors (Lipinski definition) is 2. The maximum atomic E-state index is 10.4. The summed E-state index contributed by atoms with van der Waals surface area (Å²) in [6.07, 6.45) is 0. The zero-order valence-corrected chi connectivity index (χ0v) is 18.6. The summed E-state index contributed by atoms with van der Waals surface area (Å²) in [7, 11) is -13.2. The number of rotatable bonds is 2. The fraction of sp³-hybridized carbons (Fsp3) is 0.143. The first-order chi connectivity index (χ1) is 12.0. The summed E-state index contributed by atoms with van der Waals surface area (Å²) < 4.78 is 93.9. The number of benzene rings is 2. The van der Waals surface area contributed by atoms with E-state index in [2.05, 4.69) is 0 Å². The van der Waals surface area contributed by atoms with Crippen LogP contribution in [0.3, 0.4) is 0 Å². The molecule has 28 heavy (non-hydrogen) atoms. The molecule has 0 saturated carbocycles. The molecular weight excluding hydrogens is 449 g/mol. The van der Waals surface area contributed by atoms with E-state index >= 15 is 0 Å². The Labute approximate surface area is 179 Å². The molecule has 152 valence electrons. The fourth-order valence-electron chi connectivity index (χ4n) is 1.41. The fourth-order valence-corrected chi connectivity index (χ4v) is 2.35. The van der Waals surface area contributed by atoms with Crippen LogP contribution in [0.2, 0.25) is 0 Å². The van der Waals surface area contributed by atoms with Crippen LogP contribution < -0.4 is 0 Å². The third kappa shape index (κ3) is 14.9. The predicted octanol–water partition coefficient (Wildman–Crippen LogP) is 0.765. The van der Waals surface area contributed by atoms with Crippen molar-refractivity contribution in [3.8, 4) is 0 Å². The van der Waals surface area contributed by atoms with E-state index in [1.165, 1.54) is 24.3 Å². The first-order valence-electron chi connectivity index (χ1n) is 6.75. The van der Waals surface area contributed by atoms with Gasteiger partial charge in [-0.1, -0.05) is 35.4 Å². The Hall–Kier alpha value is -1.10. The standard InChI is InChI=1S/2C7H8O3S.Mg.H2O4S/c2*1-6-2-4-7(5-3-6)11(8,9)10;;1-5(2,3)4/h2*2-5H,1H3,(H,8,9,10);;(H2,1,2,3,4)/q;;+2;/p-2. The molecule has 0 bridgehead atoms. The average Bonchev–Trinajstić information content (AvgIpc) is 2.45. The van der Waals surface area contributed by atoms with Crippen LogP contribution in [-0.4, -0.2) is 66.5 Å². The van der Waals surface area contributed by atoms with Gasteiger partial charge in [-0.2, -0.15) is 8.42 Å². The first kappa shape index (κ1) is 29.1. The maximum Gasteiger partial charge on any atom is 2.00 e. The minimum Gasteiger partial charge on any atom is -0.744 e. The summed E-state index contributed by atoms with van der Waals surface area (Å²) in [6, 6.07) is 11.6. The van der Waals surface area contributed by atoms with Crippen LogP contribution in [0.1, 0.15) is 11.1 Å². The van der Waals surface area contributed by atoms with Crippen LogP contribution >= 0.6 is 0 Å². The van der Waals surface area contributed by atoms with Crippen molar-refractivity contribution < 1.29 is 43.5 Å². The summed E-state index contributed by atoms with van der Waals surface area (Å²) in [6.45, 7) is 3.64. The molecule has 14 heteroatoms. The molecule has 0 aliphatic carbocycles. The normalized spacial score (nSPS) is 11.1. The quantitative estimate of drug-likeness (QED) is 0.474. The molecule has 0 radical (unpaired) electrons. The van der Waals surface area contributed by atoms with Crippen molar-refractivity contribution >= 4 is 53.7 Å². The Morgan fingerprint density at radius 3 is 0.929 bits per heavy atom. The maximum absolute atomic E-state index is 10.4. The SMILES string of the molecule is Cc1ccc(S(=O)(=O)[O-])cc1.Cc1ccc(S(=O)(=O)[O-])cc1.O=S(=O)(O)O.[Mg+2]. The molecule has 0 unspecified atom stereocenters. The van der Waals surface area contributed by atoms with E-state index in [0.717, 1.165) is 11.1 Å². The van der Waals surface area contributed by atoms with Gasteiger partial charge in [0.25, 0.3) is 0 Å². The minimum absolute atomic E-state index is 0. The Morgan fingerprint density at radius 1 is 0.607 bits per heavy atom. The Kier molecular flexibility index (Phi) is 12.3. The van der Waals surface area contributed by atoms with Crippen LogP contribution in [0.15, 0.2) is 58.3 Å². The second-order valence-corrected chi connectivity index (χ2v) is 8.64. The summed E-state index contributed by atoms with van der Waals surface area (Å²) in [5.74, 6) is 0. The van der Waals surface area contributed by atoms with Crippen molar-refractivity contribution in [2.24, 2.45) is 0 Å². The van der Waals surface area contributed by atoms with Gasteiger partial charge in [0, 0.05) is 0 Å². The predicted molar refractivity (Wildman–Crippen MR) is 98.2 cm³/mol. The van der Waals surface area contributed by atoms with Gasteiger partial charge in [-0.05, 0) is 38.1 Å². The molecule has 0 aromatic heterocycles. The average molecular weight is 465 g/mol. The molecule has 2 aromatic rings. The number of aryl methyl sites for hydroxylation is 2. The van der Waals surface area contributed by atoms with Crippen molar-refractivity contribution in [1.82, 2.24) is 0 Å². The van der Waals surface area contributed by atoms with Gasteiger partial charge in [0.1, 0.15) is 20.2 Å². The molecular formula is C14H16MgO10S3. The molecule has 0 aliphatic heterocycles. The molecule has 2 N–H and O–H groups in total. The third-order valence-corrected chi connectivity index (χ3v) is 4.32. The largest absolute Gasteiger partial charge is 2.00 e. The van der Waals surface area contributed by atoms with Crippen molar-refractivity contribution in [2.45, 2.75) is 23.6 Å². The molecule has 0 heterocycles. The molecule has 0 spiro atoms. The molecule has 0 fully saturated rings.